The van der Waals surface area contributed by atoms with E-state index < -0.39 is 5.54 Å². The molecule has 0 unspecified atom stereocenters. The Morgan fingerprint density at radius 3 is 2.41 bits per heavy atom. The Bertz CT molecular complexity index is 1520. The number of amides is 2. The molecule has 4 heterocycles. The van der Waals surface area contributed by atoms with Crippen LogP contribution in [0.25, 0.3) is 16.9 Å². The van der Waals surface area contributed by atoms with Crippen molar-refractivity contribution in [3.05, 3.63) is 53.6 Å². The number of aromatic nitrogens is 7. The molecule has 0 aliphatic carbocycles. The summed E-state index contributed by atoms with van der Waals surface area (Å²) in [5.74, 6) is -0.814. The summed E-state index contributed by atoms with van der Waals surface area (Å²) in [7, 11) is 1.62. The summed E-state index contributed by atoms with van der Waals surface area (Å²) in [6, 6.07) is 8.02. The number of halogens is 1. The maximum Gasteiger partial charge on any atom is 0.275 e. The van der Waals surface area contributed by atoms with Crippen molar-refractivity contribution in [2.75, 3.05) is 18.0 Å². The molecule has 4 aromatic rings. The van der Waals surface area contributed by atoms with E-state index in [0.717, 1.165) is 11.1 Å². The highest BCUT2D eigenvalue weighted by molar-refractivity contribution is 6.04. The fraction of sp³-hybridized carbons (Fsp3) is 0.400. The molecule has 37 heavy (non-hydrogen) atoms. The van der Waals surface area contributed by atoms with Crippen LogP contribution >= 0.6 is 0 Å². The molecule has 1 saturated heterocycles. The molecule has 0 atom stereocenters. The van der Waals surface area contributed by atoms with Crippen LogP contribution < -0.4 is 4.90 Å². The molecule has 192 valence electrons. The molecule has 11 nitrogen and oxygen atoms in total. The first-order valence-electron chi connectivity index (χ1n) is 11.9. The van der Waals surface area contributed by atoms with Crippen LogP contribution in [-0.2, 0) is 17.3 Å². The van der Waals surface area contributed by atoms with E-state index in [2.05, 4.69) is 46.3 Å². The summed E-state index contributed by atoms with van der Waals surface area (Å²) in [5, 5.41) is 16.5. The average Bonchev–Trinajstić information content (AvgIpc) is 3.45. The van der Waals surface area contributed by atoms with E-state index >= 15 is 0 Å². The lowest BCUT2D eigenvalue weighted by atomic mass is 9.87. The lowest BCUT2D eigenvalue weighted by Gasteiger charge is -2.44. The van der Waals surface area contributed by atoms with Crippen molar-refractivity contribution in [2.24, 2.45) is 7.05 Å². The summed E-state index contributed by atoms with van der Waals surface area (Å²) in [6.07, 6.45) is 1.58. The van der Waals surface area contributed by atoms with Gasteiger partial charge in [0.2, 0.25) is 0 Å². The minimum absolute atomic E-state index is 0.182. The standard InChI is InChI=1S/C25H28FN9O2/c1-24(2,3)17-13-18(15-7-9-16(26)10-8-15)29-35-14-19(27-20(17)35)21(36)34-12-11-33(22(37)25(34,4)5)23-28-31-32(6)30-23/h7-10,13-14H,11-12H2,1-6H3. The highest BCUT2D eigenvalue weighted by Crippen LogP contribution is 2.31. The fourth-order valence-electron chi connectivity index (χ4n) is 4.49. The second-order valence-electron chi connectivity index (χ2n) is 10.6. The number of anilines is 1. The predicted molar refractivity (Wildman–Crippen MR) is 133 cm³/mol. The van der Waals surface area contributed by atoms with Crippen LogP contribution in [0, 0.1) is 5.82 Å². The lowest BCUT2D eigenvalue weighted by Crippen LogP contribution is -2.65. The zero-order chi connectivity index (χ0) is 26.7. The van der Waals surface area contributed by atoms with E-state index in [-0.39, 0.29) is 47.8 Å². The highest BCUT2D eigenvalue weighted by atomic mass is 19.1. The first kappa shape index (κ1) is 24.5. The normalized spacial score (nSPS) is 16.0. The molecule has 1 aliphatic rings. The molecule has 1 aliphatic heterocycles. The topological polar surface area (TPSA) is 114 Å². The molecule has 0 bridgehead atoms. The number of carbonyl (C=O) groups excluding carboxylic acids is 2. The highest BCUT2D eigenvalue weighted by Gasteiger charge is 2.46. The number of tetrazole rings is 1. The second kappa shape index (κ2) is 8.43. The summed E-state index contributed by atoms with van der Waals surface area (Å²) < 4.78 is 15.1. The van der Waals surface area contributed by atoms with Gasteiger partial charge in [0.25, 0.3) is 17.8 Å². The van der Waals surface area contributed by atoms with E-state index in [4.69, 9.17) is 0 Å². The average molecular weight is 506 g/mol. The zero-order valence-electron chi connectivity index (χ0n) is 21.6. The van der Waals surface area contributed by atoms with Gasteiger partial charge in [0, 0.05) is 24.2 Å². The molecule has 1 aromatic carbocycles. The van der Waals surface area contributed by atoms with Gasteiger partial charge in [0.05, 0.1) is 18.9 Å². The Labute approximate surface area is 212 Å². The van der Waals surface area contributed by atoms with Gasteiger partial charge in [-0.15, -0.1) is 5.10 Å². The van der Waals surface area contributed by atoms with Crippen LogP contribution in [0.2, 0.25) is 0 Å². The van der Waals surface area contributed by atoms with Gasteiger partial charge >= 0.3 is 0 Å². The molecule has 0 spiro atoms. The van der Waals surface area contributed by atoms with Gasteiger partial charge in [-0.1, -0.05) is 25.9 Å². The third-order valence-corrected chi connectivity index (χ3v) is 6.57. The number of hydrogen-bond donors (Lipinski definition) is 0. The monoisotopic (exact) mass is 505 g/mol. The molecule has 0 saturated carbocycles. The lowest BCUT2D eigenvalue weighted by molar-refractivity contribution is -0.130. The third kappa shape index (κ3) is 4.21. The minimum Gasteiger partial charge on any atom is -0.321 e. The molecule has 12 heteroatoms. The molecular formula is C25H28FN9O2. The van der Waals surface area contributed by atoms with Gasteiger partial charge < -0.3 is 4.90 Å². The minimum atomic E-state index is -1.16. The van der Waals surface area contributed by atoms with Gasteiger partial charge in [0.15, 0.2) is 5.65 Å². The van der Waals surface area contributed by atoms with E-state index in [9.17, 15) is 14.0 Å². The summed E-state index contributed by atoms with van der Waals surface area (Å²) >= 11 is 0. The number of benzene rings is 1. The number of carbonyl (C=O) groups is 2. The number of imidazole rings is 1. The van der Waals surface area contributed by atoms with Crippen molar-refractivity contribution in [1.82, 2.24) is 39.7 Å². The molecule has 1 fully saturated rings. The number of rotatable bonds is 3. The van der Waals surface area contributed by atoms with Crippen LogP contribution in [0.15, 0.2) is 36.5 Å². The first-order valence-corrected chi connectivity index (χ1v) is 11.9. The molecule has 0 N–H and O–H groups in total. The van der Waals surface area contributed by atoms with Crippen molar-refractivity contribution in [2.45, 2.75) is 45.6 Å². The van der Waals surface area contributed by atoms with Crippen molar-refractivity contribution >= 4 is 23.4 Å². The van der Waals surface area contributed by atoms with Crippen molar-refractivity contribution in [3.63, 3.8) is 0 Å². The molecule has 2 amide bonds. The van der Waals surface area contributed by atoms with Gasteiger partial charge in [0.1, 0.15) is 17.1 Å². The Morgan fingerprint density at radius 1 is 1.08 bits per heavy atom. The molecule has 3 aromatic heterocycles. The Balaban J connectivity index is 1.52. The van der Waals surface area contributed by atoms with E-state index in [1.54, 1.807) is 43.7 Å². The van der Waals surface area contributed by atoms with Crippen LogP contribution in [0.3, 0.4) is 0 Å². The van der Waals surface area contributed by atoms with E-state index in [1.165, 1.54) is 26.7 Å². The summed E-state index contributed by atoms with van der Waals surface area (Å²) in [5.41, 5.74) is 1.52. The zero-order valence-corrected chi connectivity index (χ0v) is 21.6. The van der Waals surface area contributed by atoms with Gasteiger partial charge in [-0.3, -0.25) is 14.5 Å². The Morgan fingerprint density at radius 2 is 1.78 bits per heavy atom. The number of fused-ring (bicyclic) bond motifs is 1. The van der Waals surface area contributed by atoms with Crippen LogP contribution in [0.4, 0.5) is 10.3 Å². The number of piperazine rings is 1. The SMILES string of the molecule is Cn1nnc(N2CCN(C(=O)c3cn4nc(-c5ccc(F)cc5)cc(C(C)(C)C)c4n3)C(C)(C)C2=O)n1. The third-order valence-electron chi connectivity index (χ3n) is 6.57. The molecular weight excluding hydrogens is 477 g/mol. The second-order valence-corrected chi connectivity index (χ2v) is 10.6. The predicted octanol–water partition coefficient (Wildman–Crippen LogP) is 2.62. The smallest absolute Gasteiger partial charge is 0.275 e. The molecule has 5 rings (SSSR count). The van der Waals surface area contributed by atoms with Gasteiger partial charge in [-0.2, -0.15) is 9.90 Å². The van der Waals surface area contributed by atoms with Gasteiger partial charge in [-0.05, 0) is 54.8 Å². The van der Waals surface area contributed by atoms with Crippen molar-refractivity contribution < 1.29 is 14.0 Å². The number of aryl methyl sites for hydroxylation is 1. The van der Waals surface area contributed by atoms with Gasteiger partial charge in [-0.25, -0.2) is 13.9 Å². The fourth-order valence-corrected chi connectivity index (χ4v) is 4.49. The number of nitrogens with zero attached hydrogens (tertiary/aromatic N) is 9. The number of hydrogen-bond acceptors (Lipinski definition) is 7. The van der Waals surface area contributed by atoms with Crippen molar-refractivity contribution in [1.29, 1.82) is 0 Å². The Hall–Kier alpha value is -4.22. The van der Waals surface area contributed by atoms with E-state index in [1.807, 2.05) is 6.07 Å². The first-order chi connectivity index (χ1) is 17.4. The summed E-state index contributed by atoms with van der Waals surface area (Å²) in [4.78, 5) is 35.9. The largest absolute Gasteiger partial charge is 0.321 e. The van der Waals surface area contributed by atoms with E-state index in [0.29, 0.717) is 11.3 Å². The van der Waals surface area contributed by atoms with Crippen LogP contribution in [0.5, 0.6) is 0 Å². The van der Waals surface area contributed by atoms with Crippen molar-refractivity contribution in [3.8, 4) is 11.3 Å². The maximum atomic E-state index is 13.7. The molecule has 0 radical (unpaired) electrons. The van der Waals surface area contributed by atoms with Crippen LogP contribution in [0.1, 0.15) is 50.7 Å². The maximum absolute atomic E-state index is 13.7. The Kier molecular flexibility index (Phi) is 5.57. The quantitative estimate of drug-likeness (QED) is 0.420. The summed E-state index contributed by atoms with van der Waals surface area (Å²) in [6.45, 7) is 10.0. The van der Waals surface area contributed by atoms with Crippen LogP contribution in [-0.4, -0.2) is 70.1 Å².